The highest BCUT2D eigenvalue weighted by atomic mass is 35.5. The van der Waals surface area contributed by atoms with Crippen molar-refractivity contribution in [1.82, 2.24) is 15.2 Å². The van der Waals surface area contributed by atoms with Crippen LogP contribution in [0.2, 0.25) is 5.02 Å². The summed E-state index contributed by atoms with van der Waals surface area (Å²) in [7, 11) is 2.17. The molecule has 0 saturated carbocycles. The fourth-order valence-corrected chi connectivity index (χ4v) is 3.06. The first-order valence-corrected chi connectivity index (χ1v) is 8.21. The molecule has 1 unspecified atom stereocenters. The van der Waals surface area contributed by atoms with Gasteiger partial charge in [-0.25, -0.2) is 4.98 Å². The van der Waals surface area contributed by atoms with E-state index in [0.29, 0.717) is 11.9 Å². The zero-order chi connectivity index (χ0) is 15.4. The molecule has 0 amide bonds. The molecule has 1 aliphatic rings. The quantitative estimate of drug-likeness (QED) is 0.899. The molecule has 1 aromatic heterocycles. The molecule has 23 heavy (non-hydrogen) atoms. The Balaban J connectivity index is 0.00000192. The molecular formula is C17H23Cl2N3O. The van der Waals surface area contributed by atoms with Crippen LogP contribution in [0.4, 0.5) is 0 Å². The molecule has 126 valence electrons. The van der Waals surface area contributed by atoms with Crippen LogP contribution in [0.15, 0.2) is 34.9 Å². The van der Waals surface area contributed by atoms with Crippen molar-refractivity contribution in [3.05, 3.63) is 41.2 Å². The highest BCUT2D eigenvalue weighted by Gasteiger charge is 2.18. The Morgan fingerprint density at radius 1 is 1.26 bits per heavy atom. The smallest absolute Gasteiger partial charge is 0.226 e. The van der Waals surface area contributed by atoms with Gasteiger partial charge in [0.2, 0.25) is 5.89 Å². The monoisotopic (exact) mass is 355 g/mol. The average Bonchev–Trinajstić information content (AvgIpc) is 2.81. The van der Waals surface area contributed by atoms with Gasteiger partial charge in [0.1, 0.15) is 6.26 Å². The second-order valence-electron chi connectivity index (χ2n) is 5.90. The van der Waals surface area contributed by atoms with E-state index >= 15 is 0 Å². The molecular weight excluding hydrogens is 333 g/mol. The minimum atomic E-state index is 0. The van der Waals surface area contributed by atoms with E-state index in [9.17, 15) is 0 Å². The first-order chi connectivity index (χ1) is 10.7. The summed E-state index contributed by atoms with van der Waals surface area (Å²) in [5.74, 6) is 0.655. The number of hydrogen-bond acceptors (Lipinski definition) is 4. The molecule has 2 heterocycles. The maximum absolute atomic E-state index is 5.91. The van der Waals surface area contributed by atoms with Gasteiger partial charge in [-0.15, -0.1) is 12.4 Å². The van der Waals surface area contributed by atoms with Gasteiger partial charge in [0, 0.05) is 23.2 Å². The highest BCUT2D eigenvalue weighted by Crippen LogP contribution is 2.22. The second-order valence-corrected chi connectivity index (χ2v) is 6.34. The lowest BCUT2D eigenvalue weighted by molar-refractivity contribution is 0.214. The lowest BCUT2D eigenvalue weighted by Crippen LogP contribution is -2.32. The van der Waals surface area contributed by atoms with Crippen molar-refractivity contribution < 1.29 is 4.42 Å². The Labute approximate surface area is 148 Å². The fraction of sp³-hybridized carbons (Fsp3) is 0.471. The Kier molecular flexibility index (Phi) is 6.90. The molecule has 0 radical (unpaired) electrons. The number of nitrogens with one attached hydrogen (secondary N) is 1. The van der Waals surface area contributed by atoms with E-state index in [1.807, 2.05) is 24.3 Å². The van der Waals surface area contributed by atoms with Gasteiger partial charge in [0.05, 0.1) is 5.69 Å². The summed E-state index contributed by atoms with van der Waals surface area (Å²) in [6, 6.07) is 8.18. The first kappa shape index (κ1) is 18.3. The molecule has 1 aliphatic heterocycles. The van der Waals surface area contributed by atoms with Crippen LogP contribution in [0.5, 0.6) is 0 Å². The Morgan fingerprint density at radius 3 is 2.83 bits per heavy atom. The maximum atomic E-state index is 5.91. The van der Waals surface area contributed by atoms with Gasteiger partial charge >= 0.3 is 0 Å². The van der Waals surface area contributed by atoms with Gasteiger partial charge in [0.15, 0.2) is 0 Å². The van der Waals surface area contributed by atoms with E-state index in [1.165, 1.54) is 19.3 Å². The standard InChI is InChI=1S/C17H22ClN3O.ClH/c1-21(16-3-2-9-19-10-8-16)11-15-12-22-17(20-15)13-4-6-14(18)7-5-13;/h4-7,12,16,19H,2-3,8-11H2,1H3;1H. The highest BCUT2D eigenvalue weighted by molar-refractivity contribution is 6.30. The summed E-state index contributed by atoms with van der Waals surface area (Å²) >= 11 is 5.91. The summed E-state index contributed by atoms with van der Waals surface area (Å²) in [5, 5.41) is 4.17. The van der Waals surface area contributed by atoms with Crippen molar-refractivity contribution in [2.24, 2.45) is 0 Å². The number of hydrogen-bond donors (Lipinski definition) is 1. The molecule has 1 fully saturated rings. The molecule has 6 heteroatoms. The summed E-state index contributed by atoms with van der Waals surface area (Å²) in [6.45, 7) is 3.06. The minimum Gasteiger partial charge on any atom is -0.444 e. The van der Waals surface area contributed by atoms with Crippen LogP contribution in [0, 0.1) is 0 Å². The summed E-state index contributed by atoms with van der Waals surface area (Å²) in [5.41, 5.74) is 1.93. The topological polar surface area (TPSA) is 41.3 Å². The summed E-state index contributed by atoms with van der Waals surface area (Å²) in [6.07, 6.45) is 5.43. The van der Waals surface area contributed by atoms with E-state index < -0.39 is 0 Å². The van der Waals surface area contributed by atoms with Gasteiger partial charge in [-0.1, -0.05) is 11.6 Å². The second kappa shape index (κ2) is 8.69. The largest absolute Gasteiger partial charge is 0.444 e. The van der Waals surface area contributed by atoms with E-state index in [-0.39, 0.29) is 12.4 Å². The Hall–Kier alpha value is -1.07. The SMILES string of the molecule is CN(Cc1coc(-c2ccc(Cl)cc2)n1)C1CCCNCC1.Cl. The van der Waals surface area contributed by atoms with Crippen molar-refractivity contribution in [3.63, 3.8) is 0 Å². The summed E-state index contributed by atoms with van der Waals surface area (Å²) < 4.78 is 5.61. The molecule has 0 bridgehead atoms. The van der Waals surface area contributed by atoms with Crippen LogP contribution in [-0.4, -0.2) is 36.1 Å². The zero-order valence-electron chi connectivity index (χ0n) is 13.3. The molecule has 3 rings (SSSR count). The molecule has 1 aromatic carbocycles. The first-order valence-electron chi connectivity index (χ1n) is 7.83. The number of nitrogens with zero attached hydrogens (tertiary/aromatic N) is 2. The predicted molar refractivity (Wildman–Crippen MR) is 96.2 cm³/mol. The Morgan fingerprint density at radius 2 is 2.04 bits per heavy atom. The van der Waals surface area contributed by atoms with E-state index in [4.69, 9.17) is 16.0 Å². The third-order valence-corrected chi connectivity index (χ3v) is 4.47. The molecule has 1 N–H and O–H groups in total. The molecule has 1 saturated heterocycles. The van der Waals surface area contributed by atoms with E-state index in [1.54, 1.807) is 6.26 Å². The minimum absolute atomic E-state index is 0. The third-order valence-electron chi connectivity index (χ3n) is 4.22. The van der Waals surface area contributed by atoms with Crippen LogP contribution in [-0.2, 0) is 6.54 Å². The van der Waals surface area contributed by atoms with Gasteiger partial charge in [-0.3, -0.25) is 4.90 Å². The van der Waals surface area contributed by atoms with Crippen LogP contribution < -0.4 is 5.32 Å². The van der Waals surface area contributed by atoms with E-state index in [2.05, 4.69) is 22.2 Å². The zero-order valence-corrected chi connectivity index (χ0v) is 14.9. The predicted octanol–water partition coefficient (Wildman–Crippen LogP) is 3.99. The number of halogens is 2. The number of benzene rings is 1. The normalized spacial score (nSPS) is 18.5. The molecule has 0 spiro atoms. The van der Waals surface area contributed by atoms with E-state index in [0.717, 1.165) is 35.9 Å². The van der Waals surface area contributed by atoms with Crippen LogP contribution >= 0.6 is 24.0 Å². The van der Waals surface area contributed by atoms with Crippen LogP contribution in [0.3, 0.4) is 0 Å². The number of rotatable bonds is 4. The van der Waals surface area contributed by atoms with Crippen molar-refractivity contribution in [2.75, 3.05) is 20.1 Å². The van der Waals surface area contributed by atoms with Gasteiger partial charge < -0.3 is 9.73 Å². The number of aromatic nitrogens is 1. The Bertz CT molecular complexity index is 592. The molecule has 0 aliphatic carbocycles. The van der Waals surface area contributed by atoms with Crippen molar-refractivity contribution in [1.29, 1.82) is 0 Å². The van der Waals surface area contributed by atoms with Gasteiger partial charge in [-0.2, -0.15) is 0 Å². The van der Waals surface area contributed by atoms with Crippen molar-refractivity contribution in [2.45, 2.75) is 31.8 Å². The van der Waals surface area contributed by atoms with Crippen molar-refractivity contribution in [3.8, 4) is 11.5 Å². The lowest BCUT2D eigenvalue weighted by atomic mass is 10.1. The molecule has 2 aromatic rings. The van der Waals surface area contributed by atoms with Crippen LogP contribution in [0.1, 0.15) is 25.0 Å². The van der Waals surface area contributed by atoms with Gasteiger partial charge in [-0.05, 0) is 63.7 Å². The summed E-state index contributed by atoms with van der Waals surface area (Å²) in [4.78, 5) is 6.99. The third kappa shape index (κ3) is 4.95. The van der Waals surface area contributed by atoms with Crippen LogP contribution in [0.25, 0.3) is 11.5 Å². The van der Waals surface area contributed by atoms with Gasteiger partial charge in [0.25, 0.3) is 0 Å². The lowest BCUT2D eigenvalue weighted by Gasteiger charge is -2.25. The fourth-order valence-electron chi connectivity index (χ4n) is 2.93. The maximum Gasteiger partial charge on any atom is 0.226 e. The molecule has 1 atom stereocenters. The number of oxazole rings is 1. The van der Waals surface area contributed by atoms with Crippen molar-refractivity contribution >= 4 is 24.0 Å². The molecule has 4 nitrogen and oxygen atoms in total. The average molecular weight is 356 g/mol.